The minimum absolute atomic E-state index is 0.0497. The van der Waals surface area contributed by atoms with Gasteiger partial charge in [0.25, 0.3) is 0 Å². The lowest BCUT2D eigenvalue weighted by Crippen LogP contribution is -2.40. The van der Waals surface area contributed by atoms with Gasteiger partial charge in [-0.05, 0) is 43.6 Å². The summed E-state index contributed by atoms with van der Waals surface area (Å²) in [5.41, 5.74) is 1.28. The average molecular weight is 347 g/mol. The van der Waals surface area contributed by atoms with Crippen molar-refractivity contribution in [3.05, 3.63) is 35.9 Å². The Morgan fingerprint density at radius 2 is 1.92 bits per heavy atom. The zero-order valence-corrected chi connectivity index (χ0v) is 14.9. The quantitative estimate of drug-likeness (QED) is 0.720. The van der Waals surface area contributed by atoms with Crippen molar-refractivity contribution in [2.24, 2.45) is 17.8 Å². The predicted molar refractivity (Wildman–Crippen MR) is 96.2 cm³/mol. The van der Waals surface area contributed by atoms with Crippen LogP contribution in [0.1, 0.15) is 38.2 Å². The highest BCUT2D eigenvalue weighted by Crippen LogP contribution is 2.24. The summed E-state index contributed by atoms with van der Waals surface area (Å²) in [6.07, 6.45) is 4.20. The molecule has 5 nitrogen and oxygen atoms in total. The number of aliphatic carboxylic acids is 1. The Morgan fingerprint density at radius 3 is 2.56 bits per heavy atom. The Kier molecular flexibility index (Phi) is 7.92. The molecule has 2 unspecified atom stereocenters. The molecule has 0 aromatic heterocycles. The van der Waals surface area contributed by atoms with Crippen LogP contribution in [0.15, 0.2) is 30.3 Å². The van der Waals surface area contributed by atoms with Gasteiger partial charge in [0.05, 0.1) is 5.92 Å². The first-order valence-electron chi connectivity index (χ1n) is 9.20. The fraction of sp³-hybridized carbons (Fsp3) is 0.600. The molecule has 1 aromatic rings. The molecule has 1 aliphatic rings. The van der Waals surface area contributed by atoms with E-state index in [4.69, 9.17) is 4.74 Å². The van der Waals surface area contributed by atoms with Crippen molar-refractivity contribution in [2.45, 2.75) is 39.0 Å². The molecule has 138 valence electrons. The van der Waals surface area contributed by atoms with Crippen LogP contribution in [0.4, 0.5) is 0 Å². The second-order valence-electron chi connectivity index (χ2n) is 6.92. The van der Waals surface area contributed by atoms with E-state index in [-0.39, 0.29) is 24.3 Å². The zero-order chi connectivity index (χ0) is 18.1. The van der Waals surface area contributed by atoms with Crippen LogP contribution in [0.5, 0.6) is 0 Å². The largest absolute Gasteiger partial charge is 0.481 e. The Bertz CT molecular complexity index is 540. The third-order valence-corrected chi connectivity index (χ3v) is 5.04. The van der Waals surface area contributed by atoms with Gasteiger partial charge in [-0.1, -0.05) is 37.3 Å². The fourth-order valence-electron chi connectivity index (χ4n) is 3.35. The van der Waals surface area contributed by atoms with E-state index in [1.807, 2.05) is 25.1 Å². The van der Waals surface area contributed by atoms with Crippen molar-refractivity contribution in [1.82, 2.24) is 5.32 Å². The van der Waals surface area contributed by atoms with Gasteiger partial charge in [-0.2, -0.15) is 0 Å². The molecule has 5 heteroatoms. The van der Waals surface area contributed by atoms with Gasteiger partial charge in [-0.15, -0.1) is 0 Å². The van der Waals surface area contributed by atoms with Gasteiger partial charge in [-0.3, -0.25) is 9.59 Å². The fourth-order valence-corrected chi connectivity index (χ4v) is 3.35. The van der Waals surface area contributed by atoms with E-state index in [2.05, 4.69) is 17.4 Å². The first kappa shape index (κ1) is 19.4. The highest BCUT2D eigenvalue weighted by Gasteiger charge is 2.30. The number of rotatable bonds is 9. The predicted octanol–water partition coefficient (Wildman–Crippen LogP) is 2.89. The molecule has 0 radical (unpaired) electrons. The van der Waals surface area contributed by atoms with Crippen LogP contribution in [0.25, 0.3) is 0 Å². The van der Waals surface area contributed by atoms with E-state index in [9.17, 15) is 14.7 Å². The molecular weight excluding hydrogens is 318 g/mol. The number of hydrogen-bond acceptors (Lipinski definition) is 3. The number of carbonyl (C=O) groups excluding carboxylic acids is 1. The van der Waals surface area contributed by atoms with Crippen LogP contribution in [-0.4, -0.2) is 36.7 Å². The van der Waals surface area contributed by atoms with E-state index in [1.54, 1.807) is 0 Å². The van der Waals surface area contributed by atoms with Gasteiger partial charge in [0, 0.05) is 25.7 Å². The van der Waals surface area contributed by atoms with Crippen LogP contribution in [0.3, 0.4) is 0 Å². The molecule has 1 fully saturated rings. The van der Waals surface area contributed by atoms with E-state index in [0.717, 1.165) is 32.1 Å². The molecule has 0 saturated carbocycles. The third kappa shape index (κ3) is 6.50. The average Bonchev–Trinajstić information content (AvgIpc) is 2.63. The number of carbonyl (C=O) groups is 2. The molecule has 2 N–H and O–H groups in total. The van der Waals surface area contributed by atoms with E-state index < -0.39 is 11.9 Å². The summed E-state index contributed by atoms with van der Waals surface area (Å²) in [4.78, 5) is 23.8. The Morgan fingerprint density at radius 1 is 1.24 bits per heavy atom. The van der Waals surface area contributed by atoms with Gasteiger partial charge in [0.1, 0.15) is 0 Å². The number of aryl methyl sites for hydroxylation is 1. The monoisotopic (exact) mass is 347 g/mol. The minimum Gasteiger partial charge on any atom is -0.481 e. The van der Waals surface area contributed by atoms with E-state index in [0.29, 0.717) is 13.2 Å². The first-order chi connectivity index (χ1) is 12.1. The summed E-state index contributed by atoms with van der Waals surface area (Å²) < 4.78 is 5.29. The Balaban J connectivity index is 1.72. The zero-order valence-electron chi connectivity index (χ0n) is 14.9. The molecule has 0 aliphatic carbocycles. The summed E-state index contributed by atoms with van der Waals surface area (Å²) in [6, 6.07) is 10.2. The standard InChI is InChI=1S/C20H29NO4/c1-15(6-5-9-16-7-3-2-4-8-16)19(22)21-14-18(20(23)24)17-10-12-25-13-11-17/h2-4,7-8,15,17-18H,5-6,9-14H2,1H3,(H,21,22)(H,23,24). The third-order valence-electron chi connectivity index (χ3n) is 5.04. The highest BCUT2D eigenvalue weighted by atomic mass is 16.5. The van der Waals surface area contributed by atoms with Crippen LogP contribution in [-0.2, 0) is 20.7 Å². The second kappa shape index (κ2) is 10.2. The molecule has 2 rings (SSSR count). The van der Waals surface area contributed by atoms with Crippen molar-refractivity contribution in [3.8, 4) is 0 Å². The van der Waals surface area contributed by atoms with Gasteiger partial charge >= 0.3 is 5.97 Å². The van der Waals surface area contributed by atoms with Crippen molar-refractivity contribution in [2.75, 3.05) is 19.8 Å². The van der Waals surface area contributed by atoms with Crippen LogP contribution in [0, 0.1) is 17.8 Å². The first-order valence-corrected chi connectivity index (χ1v) is 9.20. The molecular formula is C20H29NO4. The number of benzene rings is 1. The maximum Gasteiger partial charge on any atom is 0.308 e. The minimum atomic E-state index is -0.830. The lowest BCUT2D eigenvalue weighted by atomic mass is 9.86. The van der Waals surface area contributed by atoms with Gasteiger partial charge in [0.15, 0.2) is 0 Å². The molecule has 1 aliphatic heterocycles. The molecule has 1 heterocycles. The molecule has 1 aromatic carbocycles. The van der Waals surface area contributed by atoms with Crippen molar-refractivity contribution in [3.63, 3.8) is 0 Å². The maximum absolute atomic E-state index is 12.3. The van der Waals surface area contributed by atoms with E-state index >= 15 is 0 Å². The summed E-state index contributed by atoms with van der Waals surface area (Å²) in [7, 11) is 0. The Hall–Kier alpha value is -1.88. The van der Waals surface area contributed by atoms with Crippen molar-refractivity contribution < 1.29 is 19.4 Å². The summed E-state index contributed by atoms with van der Waals surface area (Å²) >= 11 is 0. The number of ether oxygens (including phenoxy) is 1. The highest BCUT2D eigenvalue weighted by molar-refractivity contribution is 5.79. The second-order valence-corrected chi connectivity index (χ2v) is 6.92. The summed E-state index contributed by atoms with van der Waals surface area (Å²) in [6.45, 7) is 3.34. The number of carboxylic acids is 1. The normalized spacial score (nSPS) is 17.6. The van der Waals surface area contributed by atoms with Crippen LogP contribution < -0.4 is 5.32 Å². The lowest BCUT2D eigenvalue weighted by molar-refractivity contribution is -0.145. The number of nitrogens with one attached hydrogen (secondary N) is 1. The van der Waals surface area contributed by atoms with E-state index in [1.165, 1.54) is 5.56 Å². The summed E-state index contributed by atoms with van der Waals surface area (Å²) in [5, 5.41) is 12.3. The number of carboxylic acid groups (broad SMARTS) is 1. The molecule has 0 spiro atoms. The van der Waals surface area contributed by atoms with Crippen molar-refractivity contribution >= 4 is 11.9 Å². The van der Waals surface area contributed by atoms with Gasteiger partial charge < -0.3 is 15.2 Å². The molecule has 1 saturated heterocycles. The van der Waals surface area contributed by atoms with Gasteiger partial charge in [-0.25, -0.2) is 0 Å². The molecule has 25 heavy (non-hydrogen) atoms. The van der Waals surface area contributed by atoms with Crippen LogP contribution in [0.2, 0.25) is 0 Å². The summed E-state index contributed by atoms with van der Waals surface area (Å²) in [5.74, 6) is -1.42. The lowest BCUT2D eigenvalue weighted by Gasteiger charge is -2.28. The number of hydrogen-bond donors (Lipinski definition) is 2. The Labute approximate surface area is 149 Å². The SMILES string of the molecule is CC(CCCc1ccccc1)C(=O)NCC(C(=O)O)C1CCOCC1. The molecule has 1 amide bonds. The van der Waals surface area contributed by atoms with Crippen molar-refractivity contribution in [1.29, 1.82) is 0 Å². The number of amides is 1. The smallest absolute Gasteiger partial charge is 0.308 e. The maximum atomic E-state index is 12.3. The molecule has 2 atom stereocenters. The topological polar surface area (TPSA) is 75.6 Å². The van der Waals surface area contributed by atoms with Gasteiger partial charge in [0.2, 0.25) is 5.91 Å². The molecule has 0 bridgehead atoms. The van der Waals surface area contributed by atoms with Crippen LogP contribution >= 0.6 is 0 Å².